The lowest BCUT2D eigenvalue weighted by Crippen LogP contribution is -2.41. The molecule has 0 aliphatic carbocycles. The second kappa shape index (κ2) is 10.4. The van der Waals surface area contributed by atoms with Crippen molar-refractivity contribution < 1.29 is 19.1 Å². The summed E-state index contributed by atoms with van der Waals surface area (Å²) in [5, 5.41) is 5.88. The van der Waals surface area contributed by atoms with Gasteiger partial charge in [0.1, 0.15) is 0 Å². The molecule has 0 spiro atoms. The second-order valence-corrected chi connectivity index (χ2v) is 6.26. The third-order valence-electron chi connectivity index (χ3n) is 3.97. The highest BCUT2D eigenvalue weighted by atomic mass is 35.5. The van der Waals surface area contributed by atoms with Crippen LogP contribution < -0.4 is 20.1 Å². The molecule has 0 radical (unpaired) electrons. The van der Waals surface area contributed by atoms with Gasteiger partial charge in [-0.25, -0.2) is 0 Å². The Morgan fingerprint density at radius 1 is 0.815 bits per heavy atom. The van der Waals surface area contributed by atoms with E-state index in [2.05, 4.69) is 10.6 Å². The van der Waals surface area contributed by atoms with Crippen LogP contribution in [0, 0.1) is 0 Å². The Bertz CT molecular complexity index is 778. The van der Waals surface area contributed by atoms with Crippen molar-refractivity contribution in [2.75, 3.05) is 27.3 Å². The molecule has 0 saturated heterocycles. The maximum Gasteiger partial charge on any atom is 0.309 e. The number of nitrogens with one attached hydrogen (secondary N) is 2. The third-order valence-corrected chi connectivity index (χ3v) is 4.22. The van der Waals surface area contributed by atoms with Gasteiger partial charge in [-0.15, -0.1) is 0 Å². The fraction of sp³-hybridized carbons (Fsp3) is 0.300. The number of carbonyl (C=O) groups excluding carboxylic acids is 2. The van der Waals surface area contributed by atoms with E-state index in [9.17, 15) is 9.59 Å². The number of benzene rings is 2. The van der Waals surface area contributed by atoms with Crippen LogP contribution in [0.15, 0.2) is 42.5 Å². The van der Waals surface area contributed by atoms with Crippen molar-refractivity contribution in [1.82, 2.24) is 10.6 Å². The molecule has 2 aromatic rings. The molecule has 0 bridgehead atoms. The molecule has 7 heteroatoms. The molecular formula is C20H23ClN2O4. The van der Waals surface area contributed by atoms with E-state index in [0.29, 0.717) is 42.5 Å². The van der Waals surface area contributed by atoms with Crippen LogP contribution >= 0.6 is 11.6 Å². The van der Waals surface area contributed by atoms with Gasteiger partial charge >= 0.3 is 11.8 Å². The van der Waals surface area contributed by atoms with Crippen molar-refractivity contribution in [2.45, 2.75) is 12.8 Å². The fourth-order valence-electron chi connectivity index (χ4n) is 2.49. The van der Waals surface area contributed by atoms with E-state index >= 15 is 0 Å². The predicted molar refractivity (Wildman–Crippen MR) is 104 cm³/mol. The lowest BCUT2D eigenvalue weighted by atomic mass is 10.1. The summed E-state index contributed by atoms with van der Waals surface area (Å²) < 4.78 is 10.4. The van der Waals surface area contributed by atoms with Crippen molar-refractivity contribution in [3.8, 4) is 11.5 Å². The Hall–Kier alpha value is -2.73. The number of hydrogen-bond donors (Lipinski definition) is 2. The van der Waals surface area contributed by atoms with E-state index in [0.717, 1.165) is 11.1 Å². The summed E-state index contributed by atoms with van der Waals surface area (Å²) in [7, 11) is 3.14. The summed E-state index contributed by atoms with van der Waals surface area (Å²) in [6, 6.07) is 12.9. The summed E-state index contributed by atoms with van der Waals surface area (Å²) in [5.41, 5.74) is 2.00. The first kappa shape index (κ1) is 20.6. The van der Waals surface area contributed by atoms with Crippen molar-refractivity contribution in [3.05, 3.63) is 58.6 Å². The molecule has 144 valence electrons. The molecule has 0 aliphatic rings. The zero-order valence-corrected chi connectivity index (χ0v) is 16.1. The molecule has 2 rings (SSSR count). The maximum atomic E-state index is 11.9. The standard InChI is InChI=1S/C20H23ClN2O4/c1-26-17-8-5-15(13-18(17)27-2)10-12-23-20(25)19(24)22-11-9-14-3-6-16(21)7-4-14/h3-8,13H,9-12H2,1-2H3,(H,22,24)(H,23,25). The van der Waals surface area contributed by atoms with E-state index in [1.807, 2.05) is 24.3 Å². The van der Waals surface area contributed by atoms with Crippen LogP contribution in [0.5, 0.6) is 11.5 Å². The summed E-state index contributed by atoms with van der Waals surface area (Å²) in [5.74, 6) is -0.0190. The van der Waals surface area contributed by atoms with E-state index in [4.69, 9.17) is 21.1 Å². The molecule has 0 heterocycles. The molecule has 0 unspecified atom stereocenters. The molecule has 0 fully saturated rings. The first-order valence-electron chi connectivity index (χ1n) is 8.55. The summed E-state index contributed by atoms with van der Waals surface area (Å²) >= 11 is 5.83. The lowest BCUT2D eigenvalue weighted by Gasteiger charge is -2.10. The van der Waals surface area contributed by atoms with Gasteiger partial charge in [0.05, 0.1) is 14.2 Å². The largest absolute Gasteiger partial charge is 0.493 e. The van der Waals surface area contributed by atoms with E-state index in [1.165, 1.54) is 0 Å². The Labute approximate surface area is 163 Å². The zero-order chi connectivity index (χ0) is 19.6. The van der Waals surface area contributed by atoms with E-state index in [-0.39, 0.29) is 0 Å². The monoisotopic (exact) mass is 390 g/mol. The number of ether oxygens (including phenoxy) is 2. The van der Waals surface area contributed by atoms with Crippen LogP contribution in [-0.2, 0) is 22.4 Å². The smallest absolute Gasteiger partial charge is 0.309 e. The Balaban J connectivity index is 1.71. The minimum Gasteiger partial charge on any atom is -0.493 e. The highest BCUT2D eigenvalue weighted by Crippen LogP contribution is 2.27. The highest BCUT2D eigenvalue weighted by Gasteiger charge is 2.12. The quantitative estimate of drug-likeness (QED) is 0.678. The number of rotatable bonds is 8. The fourth-order valence-corrected chi connectivity index (χ4v) is 2.61. The Kier molecular flexibility index (Phi) is 7.95. The number of hydrogen-bond acceptors (Lipinski definition) is 4. The SMILES string of the molecule is COc1ccc(CCNC(=O)C(=O)NCCc2ccc(Cl)cc2)cc1OC. The first-order valence-corrected chi connectivity index (χ1v) is 8.92. The minimum absolute atomic E-state index is 0.346. The van der Waals surface area contributed by atoms with Crippen LogP contribution in [0.25, 0.3) is 0 Å². The minimum atomic E-state index is -0.647. The Morgan fingerprint density at radius 2 is 1.33 bits per heavy atom. The molecular weight excluding hydrogens is 368 g/mol. The summed E-state index contributed by atoms with van der Waals surface area (Å²) in [4.78, 5) is 23.7. The van der Waals surface area contributed by atoms with Crippen molar-refractivity contribution in [1.29, 1.82) is 0 Å². The van der Waals surface area contributed by atoms with Crippen LogP contribution in [0.1, 0.15) is 11.1 Å². The van der Waals surface area contributed by atoms with Gasteiger partial charge in [0.15, 0.2) is 11.5 Å². The van der Waals surface area contributed by atoms with E-state index < -0.39 is 11.8 Å². The molecule has 0 saturated carbocycles. The van der Waals surface area contributed by atoms with Gasteiger partial charge in [-0.2, -0.15) is 0 Å². The van der Waals surface area contributed by atoms with Gasteiger partial charge in [0.2, 0.25) is 0 Å². The third kappa shape index (κ3) is 6.49. The molecule has 27 heavy (non-hydrogen) atoms. The van der Waals surface area contributed by atoms with Crippen molar-refractivity contribution in [3.63, 3.8) is 0 Å². The molecule has 0 atom stereocenters. The zero-order valence-electron chi connectivity index (χ0n) is 15.4. The Morgan fingerprint density at radius 3 is 1.89 bits per heavy atom. The van der Waals surface area contributed by atoms with Crippen molar-refractivity contribution >= 4 is 23.4 Å². The molecule has 2 amide bonds. The van der Waals surface area contributed by atoms with Gasteiger partial charge in [-0.3, -0.25) is 9.59 Å². The molecule has 2 N–H and O–H groups in total. The summed E-state index contributed by atoms with van der Waals surface area (Å²) in [6.45, 7) is 0.725. The van der Waals surface area contributed by atoms with Crippen LogP contribution in [0.3, 0.4) is 0 Å². The van der Waals surface area contributed by atoms with E-state index in [1.54, 1.807) is 32.4 Å². The number of halogens is 1. The number of methoxy groups -OCH3 is 2. The van der Waals surface area contributed by atoms with Gasteiger partial charge in [0, 0.05) is 18.1 Å². The summed E-state index contributed by atoms with van der Waals surface area (Å²) in [6.07, 6.45) is 1.20. The van der Waals surface area contributed by atoms with Crippen molar-refractivity contribution in [2.24, 2.45) is 0 Å². The van der Waals surface area contributed by atoms with Crippen LogP contribution in [0.2, 0.25) is 5.02 Å². The van der Waals surface area contributed by atoms with Crippen LogP contribution in [0.4, 0.5) is 0 Å². The van der Waals surface area contributed by atoms with Gasteiger partial charge in [-0.1, -0.05) is 29.8 Å². The topological polar surface area (TPSA) is 76.7 Å². The average molecular weight is 391 g/mol. The average Bonchev–Trinajstić information content (AvgIpc) is 2.69. The number of amides is 2. The van der Waals surface area contributed by atoms with Gasteiger partial charge < -0.3 is 20.1 Å². The molecule has 2 aromatic carbocycles. The molecule has 0 aromatic heterocycles. The van der Waals surface area contributed by atoms with Gasteiger partial charge in [-0.05, 0) is 48.2 Å². The highest BCUT2D eigenvalue weighted by molar-refractivity contribution is 6.35. The molecule has 0 aliphatic heterocycles. The maximum absolute atomic E-state index is 11.9. The first-order chi connectivity index (χ1) is 13.0. The van der Waals surface area contributed by atoms with Gasteiger partial charge in [0.25, 0.3) is 0 Å². The number of carbonyl (C=O) groups is 2. The normalized spacial score (nSPS) is 10.2. The lowest BCUT2D eigenvalue weighted by molar-refractivity contribution is -0.139. The van der Waals surface area contributed by atoms with Crippen LogP contribution in [-0.4, -0.2) is 39.1 Å². The second-order valence-electron chi connectivity index (χ2n) is 5.83. The predicted octanol–water partition coefficient (Wildman–Crippen LogP) is 2.37. The molecule has 6 nitrogen and oxygen atoms in total.